The molecule has 0 spiro atoms. The van der Waals surface area contributed by atoms with Gasteiger partial charge in [-0.3, -0.25) is 9.48 Å². The van der Waals surface area contributed by atoms with E-state index in [2.05, 4.69) is 64.5 Å². The predicted octanol–water partition coefficient (Wildman–Crippen LogP) is 4.42. The molecule has 5 nitrogen and oxygen atoms in total. The first-order chi connectivity index (χ1) is 14.2. The van der Waals surface area contributed by atoms with Crippen molar-refractivity contribution in [1.82, 2.24) is 20.1 Å². The minimum atomic E-state index is 0.105. The Hall–Kier alpha value is -2.60. The normalized spacial score (nSPS) is 18.8. The Morgan fingerprint density at radius 3 is 2.62 bits per heavy atom. The van der Waals surface area contributed by atoms with E-state index in [1.165, 1.54) is 18.4 Å². The van der Waals surface area contributed by atoms with E-state index in [4.69, 9.17) is 5.10 Å². The van der Waals surface area contributed by atoms with Gasteiger partial charge < -0.3 is 5.32 Å². The number of hydrogen-bond acceptors (Lipinski definition) is 4. The van der Waals surface area contributed by atoms with Crippen LogP contribution < -0.4 is 5.32 Å². The molecular formula is C23H24N4OS. The SMILES string of the molecule is Cc1ccc(Sc2cn(C3CC3)nc2-c2ccc(CC3CCNC3=O)cc2)nc1. The second kappa shape index (κ2) is 7.67. The molecule has 1 saturated heterocycles. The van der Waals surface area contributed by atoms with E-state index in [0.29, 0.717) is 6.04 Å². The lowest BCUT2D eigenvalue weighted by Crippen LogP contribution is -2.20. The second-order valence-electron chi connectivity index (χ2n) is 8.01. The summed E-state index contributed by atoms with van der Waals surface area (Å²) in [5.41, 5.74) is 4.48. The third-order valence-corrected chi connectivity index (χ3v) is 6.56. The van der Waals surface area contributed by atoms with E-state index in [9.17, 15) is 4.79 Å². The Bertz CT molecular complexity index is 1020. The summed E-state index contributed by atoms with van der Waals surface area (Å²) in [6.45, 7) is 2.85. The molecule has 148 valence electrons. The summed E-state index contributed by atoms with van der Waals surface area (Å²) in [5, 5.41) is 8.81. The van der Waals surface area contributed by atoms with Crippen molar-refractivity contribution in [2.24, 2.45) is 5.92 Å². The van der Waals surface area contributed by atoms with Gasteiger partial charge in [0.05, 0.1) is 10.9 Å². The average Bonchev–Trinajstić information content (AvgIpc) is 3.39. The maximum Gasteiger partial charge on any atom is 0.223 e. The summed E-state index contributed by atoms with van der Waals surface area (Å²) >= 11 is 1.67. The quantitative estimate of drug-likeness (QED) is 0.661. The van der Waals surface area contributed by atoms with Gasteiger partial charge in [-0.2, -0.15) is 5.10 Å². The standard InChI is InChI=1S/C23H24N4OS/c1-15-2-9-21(25-13-15)29-20-14-27(19-7-8-19)26-22(20)17-5-3-16(4-6-17)12-18-10-11-24-23(18)28/h2-6,9,13-14,18-19H,7-8,10-12H2,1H3,(H,24,28). The first-order valence-electron chi connectivity index (χ1n) is 10.2. The van der Waals surface area contributed by atoms with Crippen molar-refractivity contribution in [2.45, 2.75) is 48.6 Å². The third-order valence-electron chi connectivity index (χ3n) is 5.59. The van der Waals surface area contributed by atoms with Gasteiger partial charge in [-0.15, -0.1) is 0 Å². The predicted molar refractivity (Wildman–Crippen MR) is 114 cm³/mol. The van der Waals surface area contributed by atoms with E-state index in [1.807, 2.05) is 6.20 Å². The van der Waals surface area contributed by atoms with E-state index >= 15 is 0 Å². The van der Waals surface area contributed by atoms with Crippen LogP contribution in [0.15, 0.2) is 58.7 Å². The number of benzene rings is 1. The lowest BCUT2D eigenvalue weighted by atomic mass is 9.97. The number of carbonyl (C=O) groups excluding carboxylic acids is 1. The van der Waals surface area contributed by atoms with Gasteiger partial charge in [0.25, 0.3) is 0 Å². The van der Waals surface area contributed by atoms with Crippen molar-refractivity contribution in [3.8, 4) is 11.3 Å². The van der Waals surface area contributed by atoms with Crippen molar-refractivity contribution < 1.29 is 4.79 Å². The van der Waals surface area contributed by atoms with Crippen LogP contribution in [0, 0.1) is 12.8 Å². The van der Waals surface area contributed by atoms with Gasteiger partial charge in [0.15, 0.2) is 0 Å². The number of amides is 1. The van der Waals surface area contributed by atoms with Crippen LogP contribution in [0.25, 0.3) is 11.3 Å². The van der Waals surface area contributed by atoms with Crippen molar-refractivity contribution in [2.75, 3.05) is 6.54 Å². The maximum atomic E-state index is 11.8. The topological polar surface area (TPSA) is 59.8 Å². The molecule has 2 aliphatic rings. The van der Waals surface area contributed by atoms with Gasteiger partial charge in [-0.1, -0.05) is 42.1 Å². The Morgan fingerprint density at radius 1 is 1.14 bits per heavy atom. The monoisotopic (exact) mass is 404 g/mol. The van der Waals surface area contributed by atoms with Crippen molar-refractivity contribution in [3.63, 3.8) is 0 Å². The molecule has 29 heavy (non-hydrogen) atoms. The molecule has 1 aliphatic carbocycles. The lowest BCUT2D eigenvalue weighted by molar-refractivity contribution is -0.122. The molecule has 1 N–H and O–H groups in total. The fraction of sp³-hybridized carbons (Fsp3) is 0.348. The van der Waals surface area contributed by atoms with Crippen molar-refractivity contribution in [1.29, 1.82) is 0 Å². The van der Waals surface area contributed by atoms with Gasteiger partial charge in [-0.25, -0.2) is 4.98 Å². The summed E-state index contributed by atoms with van der Waals surface area (Å²) in [6.07, 6.45) is 8.21. The molecule has 1 amide bonds. The highest BCUT2D eigenvalue weighted by atomic mass is 32.2. The number of nitrogens with one attached hydrogen (secondary N) is 1. The second-order valence-corrected chi connectivity index (χ2v) is 9.07. The molecule has 3 aromatic rings. The van der Waals surface area contributed by atoms with Crippen LogP contribution in [-0.2, 0) is 11.2 Å². The zero-order chi connectivity index (χ0) is 19.8. The molecule has 3 heterocycles. The zero-order valence-electron chi connectivity index (χ0n) is 16.5. The van der Waals surface area contributed by atoms with E-state index in [1.54, 1.807) is 11.8 Å². The molecule has 2 aromatic heterocycles. The number of carbonyl (C=O) groups is 1. The summed E-state index contributed by atoms with van der Waals surface area (Å²) in [6, 6.07) is 13.2. The van der Waals surface area contributed by atoms with Gasteiger partial charge in [0.2, 0.25) is 5.91 Å². The first-order valence-corrected chi connectivity index (χ1v) is 11.0. The largest absolute Gasteiger partial charge is 0.356 e. The van der Waals surface area contributed by atoms with Crippen LogP contribution in [0.3, 0.4) is 0 Å². The lowest BCUT2D eigenvalue weighted by Gasteiger charge is -2.08. The smallest absolute Gasteiger partial charge is 0.223 e. The van der Waals surface area contributed by atoms with Crippen LogP contribution in [0.5, 0.6) is 0 Å². The molecule has 1 saturated carbocycles. The molecule has 1 atom stereocenters. The molecule has 0 radical (unpaired) electrons. The number of pyridine rings is 1. The number of rotatable bonds is 6. The Labute approximate surface area is 174 Å². The highest BCUT2D eigenvalue weighted by Crippen LogP contribution is 2.40. The van der Waals surface area contributed by atoms with Crippen LogP contribution >= 0.6 is 11.8 Å². The minimum Gasteiger partial charge on any atom is -0.356 e. The van der Waals surface area contributed by atoms with Gasteiger partial charge in [-0.05, 0) is 49.8 Å². The van der Waals surface area contributed by atoms with Crippen LogP contribution in [0.1, 0.15) is 36.4 Å². The van der Waals surface area contributed by atoms with E-state index < -0.39 is 0 Å². The highest BCUT2D eigenvalue weighted by molar-refractivity contribution is 7.99. The van der Waals surface area contributed by atoms with E-state index in [0.717, 1.165) is 46.1 Å². The molecule has 1 aromatic carbocycles. The third kappa shape index (κ3) is 4.08. The molecule has 6 heteroatoms. The first kappa shape index (κ1) is 18.4. The minimum absolute atomic E-state index is 0.105. The van der Waals surface area contributed by atoms with E-state index in [-0.39, 0.29) is 11.8 Å². The average molecular weight is 405 g/mol. The molecule has 1 unspecified atom stereocenters. The highest BCUT2D eigenvalue weighted by Gasteiger charge is 2.27. The molecular weight excluding hydrogens is 380 g/mol. The van der Waals surface area contributed by atoms with Crippen molar-refractivity contribution >= 4 is 17.7 Å². The zero-order valence-corrected chi connectivity index (χ0v) is 17.3. The van der Waals surface area contributed by atoms with Crippen molar-refractivity contribution in [3.05, 3.63) is 59.9 Å². The fourth-order valence-electron chi connectivity index (χ4n) is 3.73. The van der Waals surface area contributed by atoms with Gasteiger partial charge in [0.1, 0.15) is 10.7 Å². The Morgan fingerprint density at radius 2 is 1.97 bits per heavy atom. The summed E-state index contributed by atoms with van der Waals surface area (Å²) < 4.78 is 2.11. The van der Waals surface area contributed by atoms with Gasteiger partial charge >= 0.3 is 0 Å². The molecule has 0 bridgehead atoms. The molecule has 1 aliphatic heterocycles. The number of nitrogens with zero attached hydrogens (tertiary/aromatic N) is 3. The Balaban J connectivity index is 1.40. The summed E-state index contributed by atoms with van der Waals surface area (Å²) in [5.74, 6) is 0.287. The summed E-state index contributed by atoms with van der Waals surface area (Å²) in [7, 11) is 0. The fourth-order valence-corrected chi connectivity index (χ4v) is 4.61. The summed E-state index contributed by atoms with van der Waals surface area (Å²) in [4.78, 5) is 17.5. The Kier molecular flexibility index (Phi) is 4.87. The van der Waals surface area contributed by atoms with Crippen LogP contribution in [0.2, 0.25) is 0 Å². The number of aromatic nitrogens is 3. The van der Waals surface area contributed by atoms with Gasteiger partial charge in [0, 0.05) is 30.4 Å². The maximum absolute atomic E-state index is 11.8. The molecule has 5 rings (SSSR count). The number of hydrogen-bond donors (Lipinski definition) is 1. The van der Waals surface area contributed by atoms with Crippen LogP contribution in [-0.4, -0.2) is 27.2 Å². The number of aryl methyl sites for hydroxylation is 1. The molecule has 2 fully saturated rings. The van der Waals surface area contributed by atoms with Crippen LogP contribution in [0.4, 0.5) is 0 Å².